The zero-order chi connectivity index (χ0) is 12.5. The van der Waals surface area contributed by atoms with E-state index in [1.54, 1.807) is 22.7 Å². The largest absolute Gasteiger partial charge is 0.455 e. The van der Waals surface area contributed by atoms with Crippen molar-refractivity contribution in [2.45, 2.75) is 24.7 Å². The lowest BCUT2D eigenvalue weighted by Crippen LogP contribution is -2.63. The Bertz CT molecular complexity index is 410. The lowest BCUT2D eigenvalue weighted by atomic mass is 9.91. The van der Waals surface area contributed by atoms with Gasteiger partial charge in [-0.3, -0.25) is 4.79 Å². The number of amides is 1. The highest BCUT2D eigenvalue weighted by Crippen LogP contribution is 2.26. The van der Waals surface area contributed by atoms with E-state index in [9.17, 15) is 9.90 Å². The molecule has 5 heteroatoms. The van der Waals surface area contributed by atoms with Crippen LogP contribution in [0.15, 0.2) is 16.5 Å². The van der Waals surface area contributed by atoms with E-state index in [1.165, 1.54) is 0 Å². The van der Waals surface area contributed by atoms with Gasteiger partial charge < -0.3 is 14.4 Å². The van der Waals surface area contributed by atoms with E-state index in [-0.39, 0.29) is 5.91 Å². The topological polar surface area (TPSA) is 53.7 Å². The molecule has 94 valence electrons. The van der Waals surface area contributed by atoms with Crippen LogP contribution in [0.3, 0.4) is 0 Å². The van der Waals surface area contributed by atoms with Crippen LogP contribution in [0.1, 0.15) is 29.7 Å². The summed E-state index contributed by atoms with van der Waals surface area (Å²) in [5.74, 6) is 1.82. The van der Waals surface area contributed by atoms with Crippen LogP contribution >= 0.6 is 11.8 Å². The molecule has 1 saturated heterocycles. The van der Waals surface area contributed by atoms with E-state index in [1.807, 2.05) is 19.2 Å². The van der Waals surface area contributed by atoms with E-state index in [0.29, 0.717) is 25.3 Å². The molecule has 2 rings (SSSR count). The molecule has 1 aliphatic rings. The molecule has 17 heavy (non-hydrogen) atoms. The second-order valence-corrected chi connectivity index (χ2v) is 5.30. The molecule has 0 bridgehead atoms. The van der Waals surface area contributed by atoms with E-state index >= 15 is 0 Å². The number of carbonyl (C=O) groups is 1. The molecule has 1 aromatic rings. The first-order valence-electron chi connectivity index (χ1n) is 5.67. The third kappa shape index (κ3) is 2.50. The summed E-state index contributed by atoms with van der Waals surface area (Å²) < 4.78 is 5.45. The Hall–Kier alpha value is -0.940. The first-order valence-corrected chi connectivity index (χ1v) is 7.06. The van der Waals surface area contributed by atoms with Gasteiger partial charge in [0.15, 0.2) is 5.76 Å². The minimum atomic E-state index is -0.690. The zero-order valence-electron chi connectivity index (χ0n) is 10.1. The number of β-amino-alcohol motifs (C(OH)–C–C–N with tert-alkyl or cyclic N) is 1. The van der Waals surface area contributed by atoms with Gasteiger partial charge in [-0.05, 0) is 24.8 Å². The van der Waals surface area contributed by atoms with Crippen LogP contribution in [0.5, 0.6) is 0 Å². The number of nitrogens with zero attached hydrogens (tertiary/aromatic N) is 1. The number of aliphatic hydroxyl groups is 1. The molecule has 0 unspecified atom stereocenters. The number of furan rings is 1. The molecule has 1 amide bonds. The van der Waals surface area contributed by atoms with Crippen molar-refractivity contribution in [1.29, 1.82) is 0 Å². The molecule has 0 radical (unpaired) electrons. The molecule has 0 atom stereocenters. The number of hydrogen-bond acceptors (Lipinski definition) is 4. The molecular weight excluding hydrogens is 238 g/mol. The molecule has 1 aromatic heterocycles. The summed E-state index contributed by atoms with van der Waals surface area (Å²) >= 11 is 1.65. The Balaban J connectivity index is 1.96. The maximum absolute atomic E-state index is 12.0. The van der Waals surface area contributed by atoms with Crippen LogP contribution in [0.25, 0.3) is 0 Å². The van der Waals surface area contributed by atoms with Crippen molar-refractivity contribution in [3.05, 3.63) is 23.7 Å². The van der Waals surface area contributed by atoms with Crippen LogP contribution in [-0.2, 0) is 5.75 Å². The van der Waals surface area contributed by atoms with Crippen molar-refractivity contribution in [2.24, 2.45) is 0 Å². The summed E-state index contributed by atoms with van der Waals surface area (Å²) in [6, 6.07) is 3.53. The molecule has 1 N–H and O–H groups in total. The molecule has 0 spiro atoms. The Morgan fingerprint density at radius 3 is 2.88 bits per heavy atom. The molecule has 0 saturated carbocycles. The second kappa shape index (κ2) is 4.74. The summed E-state index contributed by atoms with van der Waals surface area (Å²) in [5.41, 5.74) is -0.690. The third-order valence-corrected chi connectivity index (χ3v) is 3.65. The van der Waals surface area contributed by atoms with Gasteiger partial charge >= 0.3 is 0 Å². The fraction of sp³-hybridized carbons (Fsp3) is 0.583. The predicted molar refractivity (Wildman–Crippen MR) is 67.1 cm³/mol. The van der Waals surface area contributed by atoms with E-state index in [0.717, 1.165) is 11.5 Å². The zero-order valence-corrected chi connectivity index (χ0v) is 10.9. The monoisotopic (exact) mass is 255 g/mol. The highest BCUT2D eigenvalue weighted by atomic mass is 32.2. The van der Waals surface area contributed by atoms with Gasteiger partial charge in [-0.2, -0.15) is 11.8 Å². The summed E-state index contributed by atoms with van der Waals surface area (Å²) in [6.07, 6.45) is 2.66. The Morgan fingerprint density at radius 1 is 1.59 bits per heavy atom. The maximum Gasteiger partial charge on any atom is 0.289 e. The number of rotatable bonds is 4. The minimum Gasteiger partial charge on any atom is -0.455 e. The number of carbonyl (C=O) groups excluding carboxylic acids is 1. The fourth-order valence-corrected chi connectivity index (χ4v) is 2.34. The van der Waals surface area contributed by atoms with Crippen LogP contribution in [0, 0.1) is 0 Å². The summed E-state index contributed by atoms with van der Waals surface area (Å²) in [4.78, 5) is 13.6. The molecular formula is C12H17NO3S. The first kappa shape index (κ1) is 12.5. The van der Waals surface area contributed by atoms with Crippen molar-refractivity contribution >= 4 is 17.7 Å². The Labute approximate surface area is 105 Å². The van der Waals surface area contributed by atoms with Crippen molar-refractivity contribution in [3.8, 4) is 0 Å². The van der Waals surface area contributed by atoms with Crippen molar-refractivity contribution < 1.29 is 14.3 Å². The number of hydrogen-bond donors (Lipinski definition) is 1. The highest BCUT2D eigenvalue weighted by molar-refractivity contribution is 7.97. The van der Waals surface area contributed by atoms with E-state index in [2.05, 4.69) is 0 Å². The van der Waals surface area contributed by atoms with Crippen LogP contribution in [0.2, 0.25) is 0 Å². The average molecular weight is 255 g/mol. The Kier molecular flexibility index (Phi) is 3.49. The first-order chi connectivity index (χ1) is 8.08. The van der Waals surface area contributed by atoms with Gasteiger partial charge in [-0.25, -0.2) is 0 Å². The quantitative estimate of drug-likeness (QED) is 0.890. The Morgan fingerprint density at radius 2 is 2.29 bits per heavy atom. The molecule has 2 heterocycles. The second-order valence-electron chi connectivity index (χ2n) is 4.44. The van der Waals surface area contributed by atoms with Crippen LogP contribution in [0.4, 0.5) is 0 Å². The van der Waals surface area contributed by atoms with Crippen molar-refractivity contribution in [2.75, 3.05) is 19.3 Å². The van der Waals surface area contributed by atoms with Crippen LogP contribution in [-0.4, -0.2) is 40.9 Å². The summed E-state index contributed by atoms with van der Waals surface area (Å²) in [7, 11) is 0. The van der Waals surface area contributed by atoms with E-state index in [4.69, 9.17) is 4.42 Å². The number of thioether (sulfide) groups is 1. The standard InChI is InChI=1S/C12H17NO3S/c1-3-12(15)7-13(8-12)11(14)10-5-4-9(16-10)6-17-2/h4-5,15H,3,6-8H2,1-2H3. The summed E-state index contributed by atoms with van der Waals surface area (Å²) in [5, 5.41) is 9.85. The highest BCUT2D eigenvalue weighted by Gasteiger charge is 2.42. The van der Waals surface area contributed by atoms with Crippen LogP contribution < -0.4 is 0 Å². The maximum atomic E-state index is 12.0. The third-order valence-electron chi connectivity index (χ3n) is 3.07. The normalized spacial score (nSPS) is 17.9. The SMILES string of the molecule is CCC1(O)CN(C(=O)c2ccc(CSC)o2)C1. The van der Waals surface area contributed by atoms with Gasteiger partial charge in [0.1, 0.15) is 5.76 Å². The van der Waals surface area contributed by atoms with Gasteiger partial charge in [-0.1, -0.05) is 6.92 Å². The average Bonchev–Trinajstić information content (AvgIpc) is 2.73. The molecule has 1 fully saturated rings. The van der Waals surface area contributed by atoms with Crippen molar-refractivity contribution in [1.82, 2.24) is 4.90 Å². The molecule has 1 aliphatic heterocycles. The van der Waals surface area contributed by atoms with Gasteiger partial charge in [0, 0.05) is 0 Å². The fourth-order valence-electron chi connectivity index (χ4n) is 1.90. The number of likely N-dealkylation sites (tertiary alicyclic amines) is 1. The van der Waals surface area contributed by atoms with Gasteiger partial charge in [0.2, 0.25) is 0 Å². The lowest BCUT2D eigenvalue weighted by Gasteiger charge is -2.45. The van der Waals surface area contributed by atoms with Gasteiger partial charge in [-0.15, -0.1) is 0 Å². The van der Waals surface area contributed by atoms with Gasteiger partial charge in [0.05, 0.1) is 24.4 Å². The van der Waals surface area contributed by atoms with Crippen molar-refractivity contribution in [3.63, 3.8) is 0 Å². The van der Waals surface area contributed by atoms with Gasteiger partial charge in [0.25, 0.3) is 5.91 Å². The molecule has 0 aliphatic carbocycles. The smallest absolute Gasteiger partial charge is 0.289 e. The molecule has 4 nitrogen and oxygen atoms in total. The molecule has 0 aromatic carbocycles. The lowest BCUT2D eigenvalue weighted by molar-refractivity contribution is -0.0834. The summed E-state index contributed by atoms with van der Waals surface area (Å²) in [6.45, 7) is 2.73. The minimum absolute atomic E-state index is 0.129. The predicted octanol–water partition coefficient (Wildman–Crippen LogP) is 1.74. The van der Waals surface area contributed by atoms with E-state index < -0.39 is 5.60 Å².